The van der Waals surface area contributed by atoms with Gasteiger partial charge in [0.25, 0.3) is 5.91 Å². The number of carboxylic acids is 1. The van der Waals surface area contributed by atoms with Crippen molar-refractivity contribution in [2.24, 2.45) is 0 Å². The van der Waals surface area contributed by atoms with E-state index in [-0.39, 0.29) is 6.54 Å². The lowest BCUT2D eigenvalue weighted by atomic mass is 10.1. The Morgan fingerprint density at radius 1 is 1.33 bits per heavy atom. The Bertz CT molecular complexity index is 504. The highest BCUT2D eigenvalue weighted by molar-refractivity contribution is 5.97. The second-order valence-corrected chi connectivity index (χ2v) is 4.10. The van der Waals surface area contributed by atoms with E-state index in [2.05, 4.69) is 0 Å². The summed E-state index contributed by atoms with van der Waals surface area (Å²) in [6.07, 6.45) is 0.873. The second kappa shape index (κ2) is 4.72. The van der Waals surface area contributed by atoms with Crippen molar-refractivity contribution >= 4 is 11.9 Å². The van der Waals surface area contributed by atoms with Gasteiger partial charge in [0.2, 0.25) is 0 Å². The molecule has 0 radical (unpaired) electrons. The maximum absolute atomic E-state index is 13.5. The summed E-state index contributed by atoms with van der Waals surface area (Å²) in [4.78, 5) is 24.0. The summed E-state index contributed by atoms with van der Waals surface area (Å²) in [6.45, 7) is 0.242. The average molecular weight is 255 g/mol. The number of carbonyl (C=O) groups excluding carboxylic acids is 1. The van der Waals surface area contributed by atoms with Crippen LogP contribution < -0.4 is 0 Å². The number of amides is 1. The summed E-state index contributed by atoms with van der Waals surface area (Å²) in [7, 11) is 0. The van der Waals surface area contributed by atoms with Gasteiger partial charge in [-0.05, 0) is 25.0 Å². The number of hydrogen-bond donors (Lipinski definition) is 1. The number of benzene rings is 1. The zero-order valence-corrected chi connectivity index (χ0v) is 9.40. The Kier molecular flexibility index (Phi) is 3.27. The van der Waals surface area contributed by atoms with Gasteiger partial charge in [0.05, 0.1) is 5.56 Å². The standard InChI is InChI=1S/C12H11F2NO3/c13-8-4-1-3-7(10(8)14)11(16)15-6-2-5-9(15)12(17)18/h1,3-4,9H,2,5-6H2,(H,17,18)/t9-/m0/s1. The van der Waals surface area contributed by atoms with E-state index in [1.807, 2.05) is 0 Å². The maximum atomic E-state index is 13.5. The van der Waals surface area contributed by atoms with Crippen LogP contribution in [0.2, 0.25) is 0 Å². The van der Waals surface area contributed by atoms with Crippen molar-refractivity contribution in [3.05, 3.63) is 35.4 Å². The molecule has 1 saturated heterocycles. The molecule has 0 spiro atoms. The number of likely N-dealkylation sites (tertiary alicyclic amines) is 1. The molecule has 1 fully saturated rings. The van der Waals surface area contributed by atoms with Crippen LogP contribution in [-0.4, -0.2) is 34.5 Å². The quantitative estimate of drug-likeness (QED) is 0.874. The number of aliphatic carboxylic acids is 1. The fourth-order valence-electron chi connectivity index (χ4n) is 2.09. The molecule has 1 N–H and O–H groups in total. The third-order valence-electron chi connectivity index (χ3n) is 2.98. The summed E-state index contributed by atoms with van der Waals surface area (Å²) in [6, 6.07) is 2.32. The smallest absolute Gasteiger partial charge is 0.326 e. The summed E-state index contributed by atoms with van der Waals surface area (Å²) >= 11 is 0. The first kappa shape index (κ1) is 12.5. The van der Waals surface area contributed by atoms with Gasteiger partial charge in [0, 0.05) is 6.54 Å². The van der Waals surface area contributed by atoms with Crippen molar-refractivity contribution in [2.75, 3.05) is 6.54 Å². The van der Waals surface area contributed by atoms with Crippen LogP contribution in [0.25, 0.3) is 0 Å². The van der Waals surface area contributed by atoms with Gasteiger partial charge in [-0.2, -0.15) is 0 Å². The molecule has 6 heteroatoms. The van der Waals surface area contributed by atoms with Gasteiger partial charge in [0.15, 0.2) is 11.6 Å². The monoisotopic (exact) mass is 255 g/mol. The highest BCUT2D eigenvalue weighted by Gasteiger charge is 2.35. The fraction of sp³-hybridized carbons (Fsp3) is 0.333. The zero-order valence-electron chi connectivity index (χ0n) is 9.40. The largest absolute Gasteiger partial charge is 0.480 e. The van der Waals surface area contributed by atoms with Crippen LogP contribution in [0.3, 0.4) is 0 Å². The predicted molar refractivity (Wildman–Crippen MR) is 58.1 cm³/mol. The van der Waals surface area contributed by atoms with Crippen LogP contribution in [0.5, 0.6) is 0 Å². The first-order chi connectivity index (χ1) is 8.52. The normalized spacial score (nSPS) is 19.0. The van der Waals surface area contributed by atoms with E-state index < -0.39 is 35.1 Å². The van der Waals surface area contributed by atoms with Crippen molar-refractivity contribution in [2.45, 2.75) is 18.9 Å². The predicted octanol–water partition coefficient (Wildman–Crippen LogP) is 1.65. The van der Waals surface area contributed by atoms with Crippen molar-refractivity contribution in [1.82, 2.24) is 4.90 Å². The van der Waals surface area contributed by atoms with Gasteiger partial charge >= 0.3 is 5.97 Å². The Morgan fingerprint density at radius 2 is 2.06 bits per heavy atom. The summed E-state index contributed by atoms with van der Waals surface area (Å²) in [5.74, 6) is -4.26. The molecule has 0 bridgehead atoms. The van der Waals surface area contributed by atoms with Gasteiger partial charge in [-0.3, -0.25) is 4.79 Å². The Morgan fingerprint density at radius 3 is 2.72 bits per heavy atom. The number of carbonyl (C=O) groups is 2. The first-order valence-corrected chi connectivity index (χ1v) is 5.50. The average Bonchev–Trinajstić information content (AvgIpc) is 2.81. The molecule has 1 aromatic carbocycles. The van der Waals surface area contributed by atoms with Gasteiger partial charge in [0.1, 0.15) is 6.04 Å². The molecule has 0 aromatic heterocycles. The SMILES string of the molecule is O=C(O)[C@@H]1CCCN1C(=O)c1cccc(F)c1F. The molecule has 1 amide bonds. The van der Waals surface area contributed by atoms with Gasteiger partial charge in [-0.25, -0.2) is 13.6 Å². The maximum Gasteiger partial charge on any atom is 0.326 e. The third kappa shape index (κ3) is 2.05. The molecule has 2 rings (SSSR count). The van der Waals surface area contributed by atoms with Gasteiger partial charge in [-0.15, -0.1) is 0 Å². The van der Waals surface area contributed by atoms with Gasteiger partial charge < -0.3 is 10.0 Å². The second-order valence-electron chi connectivity index (χ2n) is 4.10. The van der Waals surface area contributed by atoms with Crippen LogP contribution >= 0.6 is 0 Å². The zero-order chi connectivity index (χ0) is 13.3. The lowest BCUT2D eigenvalue weighted by molar-refractivity contribution is -0.141. The lowest BCUT2D eigenvalue weighted by Crippen LogP contribution is -2.40. The summed E-state index contributed by atoms with van der Waals surface area (Å²) in [5.41, 5.74) is -0.428. The van der Waals surface area contributed by atoms with Crippen LogP contribution in [-0.2, 0) is 4.79 Å². The Balaban J connectivity index is 2.31. The van der Waals surface area contributed by atoms with E-state index in [0.29, 0.717) is 12.8 Å². The molecule has 4 nitrogen and oxygen atoms in total. The van der Waals surface area contributed by atoms with Crippen LogP contribution in [0.15, 0.2) is 18.2 Å². The summed E-state index contributed by atoms with van der Waals surface area (Å²) < 4.78 is 26.5. The molecule has 1 aliphatic rings. The van der Waals surface area contributed by atoms with Crippen molar-refractivity contribution in [3.63, 3.8) is 0 Å². The molecule has 1 heterocycles. The minimum Gasteiger partial charge on any atom is -0.480 e. The number of carboxylic acid groups (broad SMARTS) is 1. The minimum atomic E-state index is -1.24. The van der Waals surface area contributed by atoms with E-state index in [1.165, 1.54) is 6.07 Å². The molecule has 0 aliphatic carbocycles. The highest BCUT2D eigenvalue weighted by Crippen LogP contribution is 2.22. The number of nitrogens with zero attached hydrogens (tertiary/aromatic N) is 1. The fourth-order valence-corrected chi connectivity index (χ4v) is 2.09. The molecule has 18 heavy (non-hydrogen) atoms. The van der Waals surface area contributed by atoms with Gasteiger partial charge in [-0.1, -0.05) is 6.07 Å². The molecular weight excluding hydrogens is 244 g/mol. The van der Waals surface area contributed by atoms with E-state index in [4.69, 9.17) is 5.11 Å². The van der Waals surface area contributed by atoms with Crippen molar-refractivity contribution < 1.29 is 23.5 Å². The van der Waals surface area contributed by atoms with E-state index in [0.717, 1.165) is 17.0 Å². The Labute approximate surface area is 102 Å². The highest BCUT2D eigenvalue weighted by atomic mass is 19.2. The number of rotatable bonds is 2. The molecule has 1 aromatic rings. The topological polar surface area (TPSA) is 57.6 Å². The van der Waals surface area contributed by atoms with Crippen LogP contribution in [0, 0.1) is 11.6 Å². The van der Waals surface area contributed by atoms with Crippen LogP contribution in [0.1, 0.15) is 23.2 Å². The first-order valence-electron chi connectivity index (χ1n) is 5.50. The lowest BCUT2D eigenvalue weighted by Gasteiger charge is -2.21. The molecule has 0 unspecified atom stereocenters. The third-order valence-corrected chi connectivity index (χ3v) is 2.98. The number of hydrogen-bond acceptors (Lipinski definition) is 2. The molecule has 1 aliphatic heterocycles. The van der Waals surface area contributed by atoms with E-state index >= 15 is 0 Å². The molecule has 96 valence electrons. The van der Waals surface area contributed by atoms with E-state index in [1.54, 1.807) is 0 Å². The number of halogens is 2. The molecule has 1 atom stereocenters. The molecular formula is C12H11F2NO3. The minimum absolute atomic E-state index is 0.242. The van der Waals surface area contributed by atoms with Crippen LogP contribution in [0.4, 0.5) is 8.78 Å². The Hall–Kier alpha value is -1.98. The summed E-state index contributed by atoms with van der Waals surface area (Å²) in [5, 5.41) is 8.94. The van der Waals surface area contributed by atoms with E-state index in [9.17, 15) is 18.4 Å². The van der Waals surface area contributed by atoms with Crippen molar-refractivity contribution in [3.8, 4) is 0 Å². The molecule has 0 saturated carbocycles. The van der Waals surface area contributed by atoms with Crippen molar-refractivity contribution in [1.29, 1.82) is 0 Å².